The predicted molar refractivity (Wildman–Crippen MR) is 128 cm³/mol. The minimum Gasteiger partial charge on any atom is -0.507 e. The van der Waals surface area contributed by atoms with Crippen LogP contribution in [0.3, 0.4) is 0 Å². The van der Waals surface area contributed by atoms with E-state index in [9.17, 15) is 9.90 Å². The van der Waals surface area contributed by atoms with E-state index >= 15 is 0 Å². The van der Waals surface area contributed by atoms with E-state index in [-0.39, 0.29) is 23.8 Å². The number of benzene rings is 1. The van der Waals surface area contributed by atoms with Gasteiger partial charge in [0.15, 0.2) is 5.69 Å². The number of hydrogen-bond donors (Lipinski definition) is 1. The first-order valence-electron chi connectivity index (χ1n) is 10.6. The highest BCUT2D eigenvalue weighted by molar-refractivity contribution is 7.08. The van der Waals surface area contributed by atoms with Crippen LogP contribution in [0, 0.1) is 0 Å². The smallest absolute Gasteiger partial charge is 0.274 e. The molecule has 33 heavy (non-hydrogen) atoms. The van der Waals surface area contributed by atoms with Gasteiger partial charge < -0.3 is 14.7 Å². The summed E-state index contributed by atoms with van der Waals surface area (Å²) in [6.45, 7) is 6.16. The van der Waals surface area contributed by atoms with Crippen LogP contribution in [0.5, 0.6) is 11.5 Å². The SMILES string of the molecule is CN(C(=O)c1nn(-c2ccsc2)c2c1COc1cc(O)c(-c3cccnc3)cc1-2)C(C)(C)C. The fourth-order valence-electron chi connectivity index (χ4n) is 3.84. The first kappa shape index (κ1) is 21.2. The molecule has 0 aliphatic carbocycles. The van der Waals surface area contributed by atoms with Crippen LogP contribution >= 0.6 is 11.3 Å². The summed E-state index contributed by atoms with van der Waals surface area (Å²) in [6.07, 6.45) is 3.39. The maximum atomic E-state index is 13.4. The number of rotatable bonds is 3. The molecular formula is C25H24N4O3S. The van der Waals surface area contributed by atoms with Gasteiger partial charge in [-0.25, -0.2) is 4.68 Å². The van der Waals surface area contributed by atoms with Crippen molar-refractivity contribution >= 4 is 17.2 Å². The number of carbonyl (C=O) groups excluding carboxylic acids is 1. The van der Waals surface area contributed by atoms with Crippen LogP contribution < -0.4 is 4.74 Å². The average molecular weight is 461 g/mol. The Labute approximate surface area is 195 Å². The summed E-state index contributed by atoms with van der Waals surface area (Å²) in [4.78, 5) is 19.3. The Balaban J connectivity index is 1.74. The number of ether oxygens (including phenoxy) is 1. The van der Waals surface area contributed by atoms with E-state index in [0.717, 1.165) is 28.1 Å². The summed E-state index contributed by atoms with van der Waals surface area (Å²) in [5, 5.41) is 19.4. The number of thiophene rings is 1. The number of pyridine rings is 1. The molecule has 7 nitrogen and oxygen atoms in total. The molecule has 1 N–H and O–H groups in total. The Morgan fingerprint density at radius 1 is 1.24 bits per heavy atom. The van der Waals surface area contributed by atoms with E-state index in [1.807, 2.05) is 55.8 Å². The monoisotopic (exact) mass is 460 g/mol. The molecule has 1 aromatic carbocycles. The largest absolute Gasteiger partial charge is 0.507 e. The molecule has 5 rings (SSSR count). The molecule has 0 spiro atoms. The molecule has 1 aliphatic heterocycles. The molecule has 8 heteroatoms. The van der Waals surface area contributed by atoms with E-state index in [1.165, 1.54) is 0 Å². The van der Waals surface area contributed by atoms with E-state index in [1.54, 1.807) is 46.4 Å². The molecule has 0 radical (unpaired) electrons. The molecule has 0 unspecified atom stereocenters. The lowest BCUT2D eigenvalue weighted by Crippen LogP contribution is -2.43. The third-order valence-corrected chi connectivity index (χ3v) is 6.62. The van der Waals surface area contributed by atoms with Crippen molar-refractivity contribution in [2.45, 2.75) is 32.9 Å². The highest BCUT2D eigenvalue weighted by Gasteiger charge is 2.34. The fraction of sp³-hybridized carbons (Fsp3) is 0.240. The van der Waals surface area contributed by atoms with Gasteiger partial charge in [0.05, 0.1) is 11.4 Å². The van der Waals surface area contributed by atoms with Crippen LogP contribution in [0.4, 0.5) is 0 Å². The summed E-state index contributed by atoms with van der Waals surface area (Å²) >= 11 is 1.56. The summed E-state index contributed by atoms with van der Waals surface area (Å²) in [5.74, 6) is 0.494. The third kappa shape index (κ3) is 3.56. The number of nitrogens with zero attached hydrogens (tertiary/aromatic N) is 4. The number of carbonyl (C=O) groups is 1. The van der Waals surface area contributed by atoms with Gasteiger partial charge in [0.1, 0.15) is 18.1 Å². The first-order chi connectivity index (χ1) is 15.8. The Morgan fingerprint density at radius 3 is 2.73 bits per heavy atom. The molecule has 0 atom stereocenters. The van der Waals surface area contributed by atoms with Gasteiger partial charge in [0, 0.05) is 58.7 Å². The van der Waals surface area contributed by atoms with Crippen LogP contribution in [0.2, 0.25) is 0 Å². The highest BCUT2D eigenvalue weighted by atomic mass is 32.1. The van der Waals surface area contributed by atoms with E-state index < -0.39 is 0 Å². The third-order valence-electron chi connectivity index (χ3n) is 5.95. The van der Waals surface area contributed by atoms with Crippen LogP contribution in [0.15, 0.2) is 53.5 Å². The van der Waals surface area contributed by atoms with Crippen molar-refractivity contribution in [3.8, 4) is 39.6 Å². The van der Waals surface area contributed by atoms with Crippen LogP contribution in [-0.4, -0.2) is 43.3 Å². The first-order valence-corrected chi connectivity index (χ1v) is 11.5. The van der Waals surface area contributed by atoms with Gasteiger partial charge in [-0.2, -0.15) is 16.4 Å². The number of phenols is 1. The van der Waals surface area contributed by atoms with E-state index in [0.29, 0.717) is 17.0 Å². The predicted octanol–water partition coefficient (Wildman–Crippen LogP) is 5.13. The highest BCUT2D eigenvalue weighted by Crippen LogP contribution is 2.45. The number of amides is 1. The van der Waals surface area contributed by atoms with Gasteiger partial charge in [-0.05, 0) is 44.4 Å². The van der Waals surface area contributed by atoms with Gasteiger partial charge in [0.2, 0.25) is 0 Å². The zero-order valence-electron chi connectivity index (χ0n) is 18.9. The number of aromatic nitrogens is 3. The van der Waals surface area contributed by atoms with Crippen LogP contribution in [-0.2, 0) is 6.61 Å². The molecular weight excluding hydrogens is 436 g/mol. The molecule has 0 bridgehead atoms. The molecule has 0 fully saturated rings. The fourth-order valence-corrected chi connectivity index (χ4v) is 4.45. The zero-order chi connectivity index (χ0) is 23.3. The van der Waals surface area contributed by atoms with Crippen molar-refractivity contribution in [2.24, 2.45) is 0 Å². The summed E-state index contributed by atoms with van der Waals surface area (Å²) in [5.41, 5.74) is 4.61. The molecule has 3 aromatic heterocycles. The Kier molecular flexibility index (Phi) is 4.97. The van der Waals surface area contributed by atoms with E-state index in [2.05, 4.69) is 4.98 Å². The summed E-state index contributed by atoms with van der Waals surface area (Å²) in [6, 6.07) is 9.19. The Morgan fingerprint density at radius 2 is 2.06 bits per heavy atom. The van der Waals surface area contributed by atoms with E-state index in [4.69, 9.17) is 9.84 Å². The van der Waals surface area contributed by atoms with Crippen molar-refractivity contribution in [1.82, 2.24) is 19.7 Å². The number of hydrogen-bond acceptors (Lipinski definition) is 6. The molecule has 168 valence electrons. The molecule has 1 amide bonds. The van der Waals surface area contributed by atoms with Crippen molar-refractivity contribution in [2.75, 3.05) is 7.05 Å². The average Bonchev–Trinajstić information content (AvgIpc) is 3.45. The number of fused-ring (bicyclic) bond motifs is 3. The second-order valence-corrected chi connectivity index (χ2v) is 9.78. The number of aromatic hydroxyl groups is 1. The van der Waals surface area contributed by atoms with Crippen molar-refractivity contribution in [1.29, 1.82) is 0 Å². The van der Waals surface area contributed by atoms with Crippen molar-refractivity contribution < 1.29 is 14.6 Å². The lowest BCUT2D eigenvalue weighted by molar-refractivity contribution is 0.0646. The van der Waals surface area contributed by atoms with Crippen LogP contribution in [0.25, 0.3) is 28.1 Å². The molecule has 4 heterocycles. The second kappa shape index (κ2) is 7.74. The molecule has 0 saturated heterocycles. The maximum absolute atomic E-state index is 13.4. The van der Waals surface area contributed by atoms with Crippen molar-refractivity contribution in [3.05, 3.63) is 64.7 Å². The number of phenolic OH excluding ortho intramolecular Hbond substituents is 1. The van der Waals surface area contributed by atoms with Crippen LogP contribution in [0.1, 0.15) is 36.8 Å². The molecule has 1 aliphatic rings. The Bertz CT molecular complexity index is 1340. The minimum absolute atomic E-state index is 0.107. The normalized spacial score (nSPS) is 12.6. The van der Waals surface area contributed by atoms with Gasteiger partial charge in [-0.1, -0.05) is 6.07 Å². The quantitative estimate of drug-likeness (QED) is 0.458. The zero-order valence-corrected chi connectivity index (χ0v) is 19.7. The molecule has 4 aromatic rings. The maximum Gasteiger partial charge on any atom is 0.274 e. The summed E-state index contributed by atoms with van der Waals surface area (Å²) < 4.78 is 7.82. The lowest BCUT2D eigenvalue weighted by Gasteiger charge is -2.31. The lowest BCUT2D eigenvalue weighted by atomic mass is 9.96. The topological polar surface area (TPSA) is 80.5 Å². The van der Waals surface area contributed by atoms with Gasteiger partial charge in [0.25, 0.3) is 5.91 Å². The second-order valence-electron chi connectivity index (χ2n) is 9.00. The van der Waals surface area contributed by atoms with Crippen molar-refractivity contribution in [3.63, 3.8) is 0 Å². The molecule has 0 saturated carbocycles. The minimum atomic E-state index is -0.358. The summed E-state index contributed by atoms with van der Waals surface area (Å²) in [7, 11) is 1.79. The van der Waals surface area contributed by atoms with Gasteiger partial charge in [-0.3, -0.25) is 9.78 Å². The van der Waals surface area contributed by atoms with Gasteiger partial charge in [-0.15, -0.1) is 0 Å². The Hall–Kier alpha value is -3.65. The standard InChI is InChI=1S/C25H24N4O3S/c1-25(2,3)28(4)24(31)22-19-13-32-21-11-20(30)17(15-6-5-8-26-12-15)10-18(21)23(19)29(27-22)16-7-9-33-14-16/h5-12,14,30H,13H2,1-4H3. The van der Waals surface area contributed by atoms with Gasteiger partial charge >= 0.3 is 0 Å².